The highest BCUT2D eigenvalue weighted by atomic mass is 16.1. The molecule has 0 spiro atoms. The molecule has 0 radical (unpaired) electrons. The summed E-state index contributed by atoms with van der Waals surface area (Å²) in [6.07, 6.45) is 1.30. The maximum absolute atomic E-state index is 10.8. The largest absolute Gasteiger partial charge is 0.302 e. The lowest BCUT2D eigenvalue weighted by molar-refractivity contribution is -0.116. The second-order valence-electron chi connectivity index (χ2n) is 4.44. The van der Waals surface area contributed by atoms with Crippen LogP contribution in [0.1, 0.15) is 19.4 Å². The van der Waals surface area contributed by atoms with Gasteiger partial charge in [-0.15, -0.1) is 0 Å². The summed E-state index contributed by atoms with van der Waals surface area (Å²) in [6.45, 7) is 3.97. The predicted molar refractivity (Wildman–Crippen MR) is 62.2 cm³/mol. The summed E-state index contributed by atoms with van der Waals surface area (Å²) in [7, 11) is 0. The second kappa shape index (κ2) is 3.67. The number of carbonyl (C=O) groups is 2. The molecule has 0 aromatic heterocycles. The van der Waals surface area contributed by atoms with Crippen molar-refractivity contribution in [1.29, 1.82) is 0 Å². The fourth-order valence-corrected chi connectivity index (χ4v) is 2.16. The minimum Gasteiger partial charge on any atom is -0.302 e. The van der Waals surface area contributed by atoms with Crippen molar-refractivity contribution in [3.8, 4) is 0 Å². The van der Waals surface area contributed by atoms with Crippen molar-refractivity contribution in [2.24, 2.45) is 10.9 Å². The first-order valence-corrected chi connectivity index (χ1v) is 5.20. The van der Waals surface area contributed by atoms with Gasteiger partial charge in [-0.3, -0.25) is 4.99 Å². The van der Waals surface area contributed by atoms with Crippen LogP contribution in [0.5, 0.6) is 0 Å². The van der Waals surface area contributed by atoms with Crippen LogP contribution < -0.4 is 0 Å². The van der Waals surface area contributed by atoms with Gasteiger partial charge in [-0.1, -0.05) is 32.0 Å². The molecule has 1 aliphatic rings. The lowest BCUT2D eigenvalue weighted by atomic mass is 9.77. The molecule has 0 amide bonds. The van der Waals surface area contributed by atoms with E-state index in [2.05, 4.69) is 4.99 Å². The molecule has 0 saturated heterocycles. The molecular formula is C13H13NO2. The molecule has 1 aromatic carbocycles. The quantitative estimate of drug-likeness (QED) is 0.572. The first kappa shape index (κ1) is 10.7. The lowest BCUT2D eigenvalue weighted by Crippen LogP contribution is -2.33. The summed E-state index contributed by atoms with van der Waals surface area (Å²) in [5, 5.41) is 0. The third kappa shape index (κ3) is 1.40. The van der Waals surface area contributed by atoms with Gasteiger partial charge in [-0.05, 0) is 11.6 Å². The maximum atomic E-state index is 10.8. The second-order valence-corrected chi connectivity index (χ2v) is 4.44. The molecule has 0 bridgehead atoms. The summed E-state index contributed by atoms with van der Waals surface area (Å²) in [5.41, 5.74) is 2.22. The monoisotopic (exact) mass is 215 g/mol. The molecule has 16 heavy (non-hydrogen) atoms. The molecule has 1 aromatic rings. The van der Waals surface area contributed by atoms with Crippen molar-refractivity contribution < 1.29 is 9.59 Å². The Morgan fingerprint density at radius 2 is 1.81 bits per heavy atom. The number of rotatable bonds is 3. The molecule has 2 rings (SSSR count). The third-order valence-electron chi connectivity index (χ3n) is 3.07. The highest BCUT2D eigenvalue weighted by Crippen LogP contribution is 2.41. The Bertz CT molecular complexity index is 467. The fourth-order valence-electron chi connectivity index (χ4n) is 2.16. The SMILES string of the molecule is CC1(C)C(C(C=O)C=O)=Nc2ccccc21. The van der Waals surface area contributed by atoms with Gasteiger partial charge in [0.15, 0.2) is 0 Å². The van der Waals surface area contributed by atoms with E-state index < -0.39 is 5.92 Å². The van der Waals surface area contributed by atoms with Crippen molar-refractivity contribution >= 4 is 24.0 Å². The Kier molecular flexibility index (Phi) is 2.46. The van der Waals surface area contributed by atoms with Gasteiger partial charge in [0.05, 0.1) is 5.69 Å². The minimum atomic E-state index is -0.734. The van der Waals surface area contributed by atoms with Gasteiger partial charge in [0, 0.05) is 11.1 Å². The van der Waals surface area contributed by atoms with Crippen LogP contribution in [0.25, 0.3) is 0 Å². The van der Waals surface area contributed by atoms with Crippen molar-refractivity contribution in [3.63, 3.8) is 0 Å². The average molecular weight is 215 g/mol. The molecule has 0 unspecified atom stereocenters. The van der Waals surface area contributed by atoms with Gasteiger partial charge >= 0.3 is 0 Å². The van der Waals surface area contributed by atoms with Crippen LogP contribution >= 0.6 is 0 Å². The van der Waals surface area contributed by atoms with Gasteiger partial charge in [-0.2, -0.15) is 0 Å². The van der Waals surface area contributed by atoms with Gasteiger partial charge in [0.2, 0.25) is 0 Å². The molecule has 0 N–H and O–H groups in total. The minimum absolute atomic E-state index is 0.344. The summed E-state index contributed by atoms with van der Waals surface area (Å²) in [4.78, 5) is 26.1. The number of fused-ring (bicyclic) bond motifs is 1. The smallest absolute Gasteiger partial charge is 0.135 e. The molecule has 0 saturated carbocycles. The van der Waals surface area contributed by atoms with Crippen LogP contribution in [0, 0.1) is 5.92 Å². The van der Waals surface area contributed by atoms with E-state index in [0.717, 1.165) is 11.3 Å². The van der Waals surface area contributed by atoms with Gasteiger partial charge < -0.3 is 9.59 Å². The zero-order chi connectivity index (χ0) is 11.8. The summed E-state index contributed by atoms with van der Waals surface area (Å²) < 4.78 is 0. The van der Waals surface area contributed by atoms with Crippen molar-refractivity contribution in [2.45, 2.75) is 19.3 Å². The van der Waals surface area contributed by atoms with Gasteiger partial charge in [-0.25, -0.2) is 0 Å². The number of aldehydes is 2. The Labute approximate surface area is 94.2 Å². The summed E-state index contributed by atoms with van der Waals surface area (Å²) in [5.74, 6) is -0.734. The normalized spacial score (nSPS) is 16.8. The number of nitrogens with zero attached hydrogens (tertiary/aromatic N) is 1. The van der Waals surface area contributed by atoms with Crippen LogP contribution in [0.2, 0.25) is 0 Å². The van der Waals surface area contributed by atoms with Crippen LogP contribution in [0.3, 0.4) is 0 Å². The zero-order valence-corrected chi connectivity index (χ0v) is 9.31. The zero-order valence-electron chi connectivity index (χ0n) is 9.31. The number of benzene rings is 1. The van der Waals surface area contributed by atoms with Gasteiger partial charge in [0.1, 0.15) is 18.5 Å². The van der Waals surface area contributed by atoms with Crippen LogP contribution in [-0.2, 0) is 15.0 Å². The highest BCUT2D eigenvalue weighted by Gasteiger charge is 2.38. The molecule has 0 atom stereocenters. The third-order valence-corrected chi connectivity index (χ3v) is 3.07. The maximum Gasteiger partial charge on any atom is 0.135 e. The standard InChI is InChI=1S/C13H13NO2/c1-13(2)10-5-3-4-6-11(10)14-12(13)9(7-15)8-16/h3-9H,1-2H3. The van der Waals surface area contributed by atoms with E-state index in [0.29, 0.717) is 18.3 Å². The molecular weight excluding hydrogens is 202 g/mol. The van der Waals surface area contributed by atoms with E-state index in [1.165, 1.54) is 0 Å². The summed E-state index contributed by atoms with van der Waals surface area (Å²) in [6, 6.07) is 7.73. The average Bonchev–Trinajstić information content (AvgIpc) is 2.54. The molecule has 3 heteroatoms. The number of hydrogen-bond donors (Lipinski definition) is 0. The molecule has 0 fully saturated rings. The van der Waals surface area contributed by atoms with Crippen molar-refractivity contribution in [1.82, 2.24) is 0 Å². The van der Waals surface area contributed by atoms with E-state index in [1.54, 1.807) is 0 Å². The molecule has 0 aliphatic carbocycles. The Hall–Kier alpha value is -1.77. The lowest BCUT2D eigenvalue weighted by Gasteiger charge is -2.23. The van der Waals surface area contributed by atoms with Crippen molar-refractivity contribution in [2.75, 3.05) is 0 Å². The molecule has 82 valence electrons. The topological polar surface area (TPSA) is 46.5 Å². The fraction of sp³-hybridized carbons (Fsp3) is 0.308. The number of carbonyl (C=O) groups excluding carboxylic acids is 2. The Morgan fingerprint density at radius 1 is 1.19 bits per heavy atom. The molecule has 1 aliphatic heterocycles. The van der Waals surface area contributed by atoms with E-state index >= 15 is 0 Å². The number of aliphatic imine (C=N–C) groups is 1. The van der Waals surface area contributed by atoms with Crippen molar-refractivity contribution in [3.05, 3.63) is 29.8 Å². The van der Waals surface area contributed by atoms with Gasteiger partial charge in [0.25, 0.3) is 0 Å². The van der Waals surface area contributed by atoms with E-state index in [-0.39, 0.29) is 5.41 Å². The predicted octanol–water partition coefficient (Wildman–Crippen LogP) is 2.06. The Balaban J connectivity index is 2.53. The summed E-state index contributed by atoms with van der Waals surface area (Å²) >= 11 is 0. The molecule has 3 nitrogen and oxygen atoms in total. The van der Waals surface area contributed by atoms with E-state index in [4.69, 9.17) is 0 Å². The van der Waals surface area contributed by atoms with E-state index in [9.17, 15) is 9.59 Å². The Morgan fingerprint density at radius 3 is 2.38 bits per heavy atom. The number of para-hydroxylation sites is 1. The first-order valence-electron chi connectivity index (χ1n) is 5.20. The van der Waals surface area contributed by atoms with Crippen LogP contribution in [0.15, 0.2) is 29.3 Å². The first-order chi connectivity index (χ1) is 7.61. The highest BCUT2D eigenvalue weighted by molar-refractivity contribution is 6.16. The molecule has 1 heterocycles. The number of hydrogen-bond acceptors (Lipinski definition) is 3. The van der Waals surface area contributed by atoms with Crippen LogP contribution in [-0.4, -0.2) is 18.3 Å². The van der Waals surface area contributed by atoms with E-state index in [1.807, 2.05) is 38.1 Å². The van der Waals surface area contributed by atoms with Crippen LogP contribution in [0.4, 0.5) is 5.69 Å².